The molecule has 5 heteroatoms. The van der Waals surface area contributed by atoms with E-state index >= 15 is 0 Å². The summed E-state index contributed by atoms with van der Waals surface area (Å²) in [4.78, 5) is 0. The summed E-state index contributed by atoms with van der Waals surface area (Å²) >= 11 is 0. The molecule has 1 radical (unpaired) electrons. The molecule has 0 aliphatic heterocycles. The maximum Gasteiger partial charge on any atom is 0 e. The van der Waals surface area contributed by atoms with E-state index in [9.17, 15) is 0 Å². The summed E-state index contributed by atoms with van der Waals surface area (Å²) in [6, 6.07) is 0. The Labute approximate surface area is 83.2 Å². The van der Waals surface area contributed by atoms with Crippen molar-refractivity contribution in [3.63, 3.8) is 0 Å². The predicted molar refractivity (Wildman–Crippen MR) is 11.3 cm³/mol. The van der Waals surface area contributed by atoms with E-state index in [2.05, 4.69) is 0 Å². The second kappa shape index (κ2) is 31.4. The van der Waals surface area contributed by atoms with Crippen LogP contribution in [0.5, 0.6) is 0 Å². The molecule has 0 saturated heterocycles. The average Bonchev–Trinajstić information content (AvgIpc) is 0. The molecular formula is H4CrFeMnSiTi. The summed E-state index contributed by atoms with van der Waals surface area (Å²) in [6.07, 6.45) is 0. The van der Waals surface area contributed by atoms with Crippen LogP contribution in [0.2, 0.25) is 0 Å². The van der Waals surface area contributed by atoms with E-state index in [0.717, 1.165) is 0 Å². The van der Waals surface area contributed by atoms with Crippen molar-refractivity contribution in [2.75, 3.05) is 0 Å². The van der Waals surface area contributed by atoms with Gasteiger partial charge in [-0.1, -0.05) is 0 Å². The third kappa shape index (κ3) is 21.0. The molecule has 0 aromatic rings. The zero-order chi connectivity index (χ0) is 0. The number of hydrogen-bond acceptors (Lipinski definition) is 0. The molecule has 0 nitrogen and oxygen atoms in total. The van der Waals surface area contributed by atoms with Crippen LogP contribution in [0.4, 0.5) is 0 Å². The molecule has 0 spiro atoms. The van der Waals surface area contributed by atoms with E-state index in [-0.39, 0.29) is 84.2 Å². The summed E-state index contributed by atoms with van der Waals surface area (Å²) in [5.74, 6) is 0. The van der Waals surface area contributed by atoms with Gasteiger partial charge in [0.2, 0.25) is 0 Å². The SMILES string of the molecule is [Cr].[Fe].[Mn].[SiH4].[Ti]. The van der Waals surface area contributed by atoms with Crippen LogP contribution in [0.15, 0.2) is 0 Å². The molecule has 0 amide bonds. The van der Waals surface area contributed by atoms with Gasteiger partial charge >= 0.3 is 0 Å². The van der Waals surface area contributed by atoms with Crippen LogP contribution in [-0.4, -0.2) is 11.0 Å². The number of hydrogen-bond donors (Lipinski definition) is 0. The fourth-order valence-corrected chi connectivity index (χ4v) is 0. The molecule has 0 heterocycles. The van der Waals surface area contributed by atoms with Gasteiger partial charge in [-0.3, -0.25) is 0 Å². The molecule has 0 N–H and O–H groups in total. The summed E-state index contributed by atoms with van der Waals surface area (Å²) in [6.45, 7) is 0. The van der Waals surface area contributed by atoms with Crippen LogP contribution in [0, 0.1) is 0 Å². The maximum absolute atomic E-state index is 0. The minimum Gasteiger partial charge on any atom is -0.0149 e. The minimum absolute atomic E-state index is 0. The molecule has 0 atom stereocenters. The van der Waals surface area contributed by atoms with Crippen molar-refractivity contribution in [2.45, 2.75) is 0 Å². The molecule has 0 aliphatic rings. The summed E-state index contributed by atoms with van der Waals surface area (Å²) in [5.41, 5.74) is 0. The summed E-state index contributed by atoms with van der Waals surface area (Å²) < 4.78 is 0. The Hall–Kier alpha value is 2.50. The molecule has 0 fully saturated rings. The van der Waals surface area contributed by atoms with Gasteiger partial charge in [0.25, 0.3) is 0 Å². The number of rotatable bonds is 0. The molecule has 33 valence electrons. The van der Waals surface area contributed by atoms with Gasteiger partial charge in [-0.25, -0.2) is 0 Å². The van der Waals surface area contributed by atoms with Crippen LogP contribution >= 0.6 is 0 Å². The van der Waals surface area contributed by atoms with Crippen molar-refractivity contribution in [1.82, 2.24) is 0 Å². The van der Waals surface area contributed by atoms with Crippen molar-refractivity contribution in [2.24, 2.45) is 0 Å². The molecule has 0 aliphatic carbocycles. The Morgan fingerprint density at radius 3 is 1.00 bits per heavy atom. The Morgan fingerprint density at radius 2 is 1.00 bits per heavy atom. The molecule has 0 unspecified atom stereocenters. The third-order valence-corrected chi connectivity index (χ3v) is 0. The van der Waals surface area contributed by atoms with Crippen LogP contribution in [-0.2, 0) is 73.2 Å². The summed E-state index contributed by atoms with van der Waals surface area (Å²) in [5, 5.41) is 0. The average molecular weight is 243 g/mol. The van der Waals surface area contributed by atoms with E-state index in [4.69, 9.17) is 0 Å². The van der Waals surface area contributed by atoms with E-state index < -0.39 is 0 Å². The topological polar surface area (TPSA) is 0 Å². The smallest absolute Gasteiger partial charge is 0 e. The molecule has 0 saturated carbocycles. The molecule has 5 heavy (non-hydrogen) atoms. The van der Waals surface area contributed by atoms with Crippen LogP contribution in [0.3, 0.4) is 0 Å². The van der Waals surface area contributed by atoms with Crippen LogP contribution in [0.1, 0.15) is 0 Å². The largest absolute Gasteiger partial charge is 0.0149 e. The van der Waals surface area contributed by atoms with E-state index in [1.54, 1.807) is 0 Å². The van der Waals surface area contributed by atoms with Gasteiger partial charge < -0.3 is 0 Å². The van der Waals surface area contributed by atoms with Crippen molar-refractivity contribution in [1.29, 1.82) is 0 Å². The molecular weight excluding hydrogens is 239 g/mol. The van der Waals surface area contributed by atoms with Gasteiger partial charge in [0, 0.05) is 73.2 Å². The van der Waals surface area contributed by atoms with Gasteiger partial charge in [0.1, 0.15) is 0 Å². The second-order valence-corrected chi connectivity index (χ2v) is 0. The Morgan fingerprint density at radius 1 is 1.00 bits per heavy atom. The maximum atomic E-state index is 0. The third-order valence-electron chi connectivity index (χ3n) is 0. The first-order valence-electron chi connectivity index (χ1n) is 0. The van der Waals surface area contributed by atoms with Crippen LogP contribution < -0.4 is 0 Å². The molecule has 0 rings (SSSR count). The second-order valence-electron chi connectivity index (χ2n) is 0. The Bertz CT molecular complexity index is 11.6. The fraction of sp³-hybridized carbons (Fsp3) is 0. The fourth-order valence-electron chi connectivity index (χ4n) is 0. The van der Waals surface area contributed by atoms with E-state index in [1.807, 2.05) is 0 Å². The Balaban J connectivity index is 0. The van der Waals surface area contributed by atoms with Crippen molar-refractivity contribution in [3.8, 4) is 0 Å². The van der Waals surface area contributed by atoms with E-state index in [0.29, 0.717) is 0 Å². The summed E-state index contributed by atoms with van der Waals surface area (Å²) in [7, 11) is 0. The first kappa shape index (κ1) is 50.7. The Kier molecular flexibility index (Phi) is 318. The first-order chi connectivity index (χ1) is 0. The van der Waals surface area contributed by atoms with Crippen molar-refractivity contribution < 1.29 is 73.2 Å². The minimum atomic E-state index is 0. The first-order valence-corrected chi connectivity index (χ1v) is 0. The van der Waals surface area contributed by atoms with Gasteiger partial charge in [-0.05, 0) is 11.0 Å². The standard InChI is InChI=1S/Cr.Fe.Mn.H4Si.Ti/h;;;1H4;. The van der Waals surface area contributed by atoms with Crippen molar-refractivity contribution in [3.05, 3.63) is 0 Å². The van der Waals surface area contributed by atoms with Gasteiger partial charge in [0.15, 0.2) is 0 Å². The van der Waals surface area contributed by atoms with Crippen LogP contribution in [0.25, 0.3) is 0 Å². The van der Waals surface area contributed by atoms with Gasteiger partial charge in [0.05, 0.1) is 0 Å². The molecule has 0 aromatic heterocycles. The zero-order valence-electron chi connectivity index (χ0n) is 1.64. The molecule has 0 aromatic carbocycles. The predicted octanol–water partition coefficient (Wildman–Crippen LogP) is -1.46. The molecule has 0 bridgehead atoms. The normalized spacial score (nSPS) is 0. The quantitative estimate of drug-likeness (QED) is 0.456. The van der Waals surface area contributed by atoms with Crippen molar-refractivity contribution >= 4 is 11.0 Å². The zero-order valence-corrected chi connectivity index (χ0v) is 6.76. The van der Waals surface area contributed by atoms with E-state index in [1.165, 1.54) is 0 Å². The van der Waals surface area contributed by atoms with Gasteiger partial charge in [-0.15, -0.1) is 0 Å². The van der Waals surface area contributed by atoms with Gasteiger partial charge in [-0.2, -0.15) is 0 Å². The monoisotopic (exact) mass is 243 g/mol.